The van der Waals surface area contributed by atoms with E-state index in [0.29, 0.717) is 6.54 Å². The molecule has 78 valence electrons. The molecule has 1 aliphatic heterocycles. The summed E-state index contributed by atoms with van der Waals surface area (Å²) >= 11 is 1.99. The lowest BCUT2D eigenvalue weighted by atomic mass is 10.1. The van der Waals surface area contributed by atoms with Gasteiger partial charge in [0.2, 0.25) is 0 Å². The van der Waals surface area contributed by atoms with Crippen molar-refractivity contribution in [2.24, 2.45) is 5.92 Å². The highest BCUT2D eigenvalue weighted by molar-refractivity contribution is 7.99. The Hall–Kier alpha value is 0.260. The van der Waals surface area contributed by atoms with E-state index >= 15 is 0 Å². The molecule has 1 atom stereocenters. The smallest absolute Gasteiger partial charge is 0.148 e. The largest absolute Gasteiger partial charge is 0.315 e. The Kier molecular flexibility index (Phi) is 4.55. The summed E-state index contributed by atoms with van der Waals surface area (Å²) in [6.45, 7) is 1.57. The average Bonchev–Trinajstić information content (AvgIpc) is 2.48. The molecule has 1 N–H and O–H groups in total. The third kappa shape index (κ3) is 5.54. The molecular formula is C8H17NO2S2. The van der Waals surface area contributed by atoms with E-state index in [1.54, 1.807) is 0 Å². The topological polar surface area (TPSA) is 46.2 Å². The normalized spacial score (nSPS) is 23.6. The van der Waals surface area contributed by atoms with E-state index in [1.807, 2.05) is 11.8 Å². The van der Waals surface area contributed by atoms with Crippen LogP contribution >= 0.6 is 11.8 Å². The summed E-state index contributed by atoms with van der Waals surface area (Å²) in [7, 11) is -2.79. The first-order valence-corrected chi connectivity index (χ1v) is 7.75. The molecule has 1 rings (SSSR count). The molecule has 1 unspecified atom stereocenters. The second-order valence-electron chi connectivity index (χ2n) is 3.56. The van der Waals surface area contributed by atoms with Gasteiger partial charge in [-0.2, -0.15) is 11.8 Å². The summed E-state index contributed by atoms with van der Waals surface area (Å²) in [6.07, 6.45) is 2.55. The van der Waals surface area contributed by atoms with Crippen molar-refractivity contribution in [2.75, 3.05) is 36.6 Å². The van der Waals surface area contributed by atoms with Crippen molar-refractivity contribution < 1.29 is 8.42 Å². The standard InChI is InChI=1S/C8H17NO2S2/c1-13(10,11)5-3-9-6-8-2-4-12-7-8/h8-9H,2-7H2,1H3. The zero-order chi connectivity index (χ0) is 9.73. The monoisotopic (exact) mass is 223 g/mol. The molecule has 5 heteroatoms. The number of thioether (sulfide) groups is 1. The maximum Gasteiger partial charge on any atom is 0.148 e. The lowest BCUT2D eigenvalue weighted by molar-refractivity contribution is 0.531. The Bertz CT molecular complexity index is 233. The fourth-order valence-corrected chi connectivity index (χ4v) is 3.11. The molecule has 13 heavy (non-hydrogen) atoms. The minimum atomic E-state index is -2.79. The van der Waals surface area contributed by atoms with Gasteiger partial charge in [-0.1, -0.05) is 0 Å². The van der Waals surface area contributed by atoms with Crippen molar-refractivity contribution in [3.63, 3.8) is 0 Å². The van der Waals surface area contributed by atoms with Gasteiger partial charge in [-0.15, -0.1) is 0 Å². The number of hydrogen-bond donors (Lipinski definition) is 1. The van der Waals surface area contributed by atoms with Crippen LogP contribution in [0.5, 0.6) is 0 Å². The number of rotatable bonds is 5. The van der Waals surface area contributed by atoms with Crippen molar-refractivity contribution in [1.82, 2.24) is 5.32 Å². The highest BCUT2D eigenvalue weighted by Crippen LogP contribution is 2.22. The number of sulfone groups is 1. The summed E-state index contributed by atoms with van der Waals surface area (Å²) in [6, 6.07) is 0. The van der Waals surface area contributed by atoms with Crippen molar-refractivity contribution >= 4 is 21.6 Å². The van der Waals surface area contributed by atoms with Crippen LogP contribution in [-0.4, -0.2) is 45.0 Å². The molecular weight excluding hydrogens is 206 g/mol. The molecule has 0 aromatic heterocycles. The summed E-state index contributed by atoms with van der Waals surface area (Å²) < 4.78 is 21.6. The van der Waals surface area contributed by atoms with Gasteiger partial charge in [0.15, 0.2) is 0 Å². The Morgan fingerprint density at radius 3 is 2.85 bits per heavy atom. The minimum Gasteiger partial charge on any atom is -0.315 e. The first kappa shape index (κ1) is 11.3. The van der Waals surface area contributed by atoms with Gasteiger partial charge in [0.05, 0.1) is 5.75 Å². The third-order valence-electron chi connectivity index (χ3n) is 2.11. The molecule has 1 saturated heterocycles. The van der Waals surface area contributed by atoms with Crippen LogP contribution < -0.4 is 5.32 Å². The van der Waals surface area contributed by atoms with E-state index in [2.05, 4.69) is 5.32 Å². The van der Waals surface area contributed by atoms with Crippen LogP contribution in [0.25, 0.3) is 0 Å². The van der Waals surface area contributed by atoms with Gasteiger partial charge < -0.3 is 5.32 Å². The Labute approximate surface area is 84.6 Å². The molecule has 0 saturated carbocycles. The third-order valence-corrected chi connectivity index (χ3v) is 4.28. The van der Waals surface area contributed by atoms with Crippen LogP contribution in [0.15, 0.2) is 0 Å². The van der Waals surface area contributed by atoms with Gasteiger partial charge in [-0.3, -0.25) is 0 Å². The maximum absolute atomic E-state index is 10.8. The molecule has 1 aliphatic rings. The van der Waals surface area contributed by atoms with E-state index in [0.717, 1.165) is 12.5 Å². The van der Waals surface area contributed by atoms with Gasteiger partial charge in [-0.05, 0) is 30.4 Å². The van der Waals surface area contributed by atoms with Gasteiger partial charge in [0.25, 0.3) is 0 Å². The highest BCUT2D eigenvalue weighted by Gasteiger charge is 2.14. The molecule has 0 bridgehead atoms. The van der Waals surface area contributed by atoms with Crippen LogP contribution in [0.2, 0.25) is 0 Å². The van der Waals surface area contributed by atoms with Gasteiger partial charge >= 0.3 is 0 Å². The Morgan fingerprint density at radius 1 is 1.54 bits per heavy atom. The molecule has 0 spiro atoms. The average molecular weight is 223 g/mol. The zero-order valence-electron chi connectivity index (χ0n) is 7.95. The lowest BCUT2D eigenvalue weighted by Crippen LogP contribution is -2.27. The van der Waals surface area contributed by atoms with E-state index < -0.39 is 9.84 Å². The van der Waals surface area contributed by atoms with Crippen LogP contribution in [0.1, 0.15) is 6.42 Å². The second-order valence-corrected chi connectivity index (χ2v) is 6.97. The summed E-state index contributed by atoms with van der Waals surface area (Å²) in [5.74, 6) is 3.50. The Morgan fingerprint density at radius 2 is 2.31 bits per heavy atom. The maximum atomic E-state index is 10.8. The molecule has 0 radical (unpaired) electrons. The van der Waals surface area contributed by atoms with E-state index in [9.17, 15) is 8.42 Å². The lowest BCUT2D eigenvalue weighted by Gasteiger charge is -2.08. The predicted octanol–water partition coefficient (Wildman–Crippen LogP) is 0.374. The second kappa shape index (κ2) is 5.22. The van der Waals surface area contributed by atoms with Crippen molar-refractivity contribution in [1.29, 1.82) is 0 Å². The number of hydrogen-bond acceptors (Lipinski definition) is 4. The SMILES string of the molecule is CS(=O)(=O)CCNCC1CCSC1. The molecule has 3 nitrogen and oxygen atoms in total. The van der Waals surface area contributed by atoms with Crippen molar-refractivity contribution in [3.05, 3.63) is 0 Å². The van der Waals surface area contributed by atoms with Gasteiger partial charge in [-0.25, -0.2) is 8.42 Å². The fourth-order valence-electron chi connectivity index (χ4n) is 1.31. The predicted molar refractivity (Wildman–Crippen MR) is 58.0 cm³/mol. The van der Waals surface area contributed by atoms with Crippen LogP contribution in [0, 0.1) is 5.92 Å². The van der Waals surface area contributed by atoms with E-state index in [-0.39, 0.29) is 5.75 Å². The number of nitrogens with one attached hydrogen (secondary N) is 1. The molecule has 1 fully saturated rings. The van der Waals surface area contributed by atoms with Crippen LogP contribution in [-0.2, 0) is 9.84 Å². The van der Waals surface area contributed by atoms with E-state index in [1.165, 1.54) is 24.2 Å². The summed E-state index contributed by atoms with van der Waals surface area (Å²) in [4.78, 5) is 0. The molecule has 0 aromatic rings. The van der Waals surface area contributed by atoms with E-state index in [4.69, 9.17) is 0 Å². The minimum absolute atomic E-state index is 0.257. The first-order valence-electron chi connectivity index (χ1n) is 4.54. The molecule has 0 amide bonds. The molecule has 0 aliphatic carbocycles. The Balaban J connectivity index is 2.01. The highest BCUT2D eigenvalue weighted by atomic mass is 32.2. The summed E-state index contributed by atoms with van der Waals surface area (Å²) in [5.41, 5.74) is 0. The quantitative estimate of drug-likeness (QED) is 0.684. The molecule has 1 heterocycles. The summed E-state index contributed by atoms with van der Waals surface area (Å²) in [5, 5.41) is 3.19. The first-order chi connectivity index (χ1) is 6.08. The van der Waals surface area contributed by atoms with Crippen molar-refractivity contribution in [2.45, 2.75) is 6.42 Å². The van der Waals surface area contributed by atoms with Crippen LogP contribution in [0.4, 0.5) is 0 Å². The molecule has 0 aromatic carbocycles. The van der Waals surface area contributed by atoms with Crippen LogP contribution in [0.3, 0.4) is 0 Å². The van der Waals surface area contributed by atoms with Crippen molar-refractivity contribution in [3.8, 4) is 0 Å². The van der Waals surface area contributed by atoms with Gasteiger partial charge in [0.1, 0.15) is 9.84 Å². The zero-order valence-corrected chi connectivity index (χ0v) is 9.59. The fraction of sp³-hybridized carbons (Fsp3) is 1.00. The van der Waals surface area contributed by atoms with Gasteiger partial charge in [0, 0.05) is 12.8 Å².